The molecule has 1 unspecified atom stereocenters. The number of pyridine rings is 1. The van der Waals surface area contributed by atoms with Crippen molar-refractivity contribution in [1.82, 2.24) is 4.98 Å². The van der Waals surface area contributed by atoms with Gasteiger partial charge in [-0.05, 0) is 24.0 Å². The summed E-state index contributed by atoms with van der Waals surface area (Å²) in [6, 6.07) is 3.88. The Morgan fingerprint density at radius 2 is 2.38 bits per heavy atom. The van der Waals surface area contributed by atoms with Crippen molar-refractivity contribution < 1.29 is 4.39 Å². The normalized spacial score (nSPS) is 19.1. The van der Waals surface area contributed by atoms with E-state index in [4.69, 9.17) is 0 Å². The van der Waals surface area contributed by atoms with Gasteiger partial charge in [0.2, 0.25) is 0 Å². The highest BCUT2D eigenvalue weighted by atomic mass is 32.2. The molecule has 0 fully saturated rings. The highest BCUT2D eigenvalue weighted by Gasteiger charge is 2.09. The summed E-state index contributed by atoms with van der Waals surface area (Å²) in [6.07, 6.45) is 7.04. The minimum Gasteiger partial charge on any atom is -0.237 e. The molecule has 0 N–H and O–H groups in total. The first-order valence-corrected chi connectivity index (χ1v) is 6.28. The maximum Gasteiger partial charge on any atom is 0.157 e. The van der Waals surface area contributed by atoms with Crippen LogP contribution in [0, 0.1) is 0 Å². The van der Waals surface area contributed by atoms with Gasteiger partial charge in [0.25, 0.3) is 0 Å². The molecule has 2 heterocycles. The number of thioether (sulfide) groups is 1. The second-order valence-corrected chi connectivity index (χ2v) is 4.22. The Kier molecular flexibility index (Phi) is 3.56. The van der Waals surface area contributed by atoms with E-state index in [2.05, 4.69) is 10.1 Å². The molecule has 1 aromatic rings. The lowest BCUT2D eigenvalue weighted by atomic mass is 10.3. The summed E-state index contributed by atoms with van der Waals surface area (Å²) >= 11 is 1.75. The maximum absolute atomic E-state index is 12.8. The molecule has 1 aliphatic heterocycles. The Hall–Kier alpha value is -1.36. The van der Waals surface area contributed by atoms with Gasteiger partial charge in [-0.15, -0.1) is 0 Å². The largest absolute Gasteiger partial charge is 0.237 e. The minimum absolute atomic E-state index is 0.698. The number of rotatable bonds is 3. The highest BCUT2D eigenvalue weighted by molar-refractivity contribution is 7.97. The van der Waals surface area contributed by atoms with Crippen molar-refractivity contribution in [3.05, 3.63) is 36.2 Å². The molecule has 0 saturated heterocycles. The fraction of sp³-hybridized carbons (Fsp3) is 0.273. The second-order valence-electron chi connectivity index (χ2n) is 3.35. The van der Waals surface area contributed by atoms with Crippen LogP contribution in [0.4, 0.5) is 10.2 Å². The van der Waals surface area contributed by atoms with Crippen molar-refractivity contribution in [3.8, 4) is 0 Å². The van der Waals surface area contributed by atoms with Gasteiger partial charge in [0, 0.05) is 18.1 Å². The number of nitrogens with zero attached hydrogens (tertiary/aromatic N) is 3. The molecule has 0 spiro atoms. The Bertz CT molecular complexity index is 388. The highest BCUT2D eigenvalue weighted by Crippen LogP contribution is 2.16. The van der Waals surface area contributed by atoms with Gasteiger partial charge < -0.3 is 0 Å². The van der Waals surface area contributed by atoms with Crippen LogP contribution in [-0.2, 0) is 5.75 Å². The Morgan fingerprint density at radius 3 is 2.94 bits per heavy atom. The maximum atomic E-state index is 12.8. The van der Waals surface area contributed by atoms with Crippen molar-refractivity contribution in [2.45, 2.75) is 11.9 Å². The number of allylic oxidation sites excluding steroid dienone is 1. The molecule has 0 aromatic carbocycles. The fourth-order valence-electron chi connectivity index (χ4n) is 1.33. The molecule has 0 saturated carbocycles. The monoisotopic (exact) mass is 237 g/mol. The van der Waals surface area contributed by atoms with Gasteiger partial charge in [-0.2, -0.15) is 16.9 Å². The number of aromatic nitrogens is 1. The number of halogens is 1. The third kappa shape index (κ3) is 2.61. The standard InChI is InChI=1S/C11H12FN3S/c1-16-8-9-2-3-11(13-6-9)15-5-4-10(12)7-14-15/h2-7,10H,8H2,1H3. The van der Waals surface area contributed by atoms with Crippen LogP contribution in [0.3, 0.4) is 0 Å². The smallest absolute Gasteiger partial charge is 0.157 e. The van der Waals surface area contributed by atoms with Gasteiger partial charge in [0.15, 0.2) is 12.0 Å². The van der Waals surface area contributed by atoms with Crippen LogP contribution in [0.1, 0.15) is 5.56 Å². The van der Waals surface area contributed by atoms with Gasteiger partial charge in [0.1, 0.15) is 0 Å². The summed E-state index contributed by atoms with van der Waals surface area (Å²) in [5.74, 6) is 1.64. The van der Waals surface area contributed by atoms with Crippen molar-refractivity contribution >= 4 is 23.8 Å². The van der Waals surface area contributed by atoms with Crippen molar-refractivity contribution in [2.75, 3.05) is 11.3 Å². The van der Waals surface area contributed by atoms with Crippen LogP contribution in [0.2, 0.25) is 0 Å². The Morgan fingerprint density at radius 1 is 1.50 bits per heavy atom. The van der Waals surface area contributed by atoms with Crippen LogP contribution >= 0.6 is 11.8 Å². The predicted molar refractivity (Wildman–Crippen MR) is 66.5 cm³/mol. The average molecular weight is 237 g/mol. The summed E-state index contributed by atoms with van der Waals surface area (Å²) in [4.78, 5) is 4.27. The van der Waals surface area contributed by atoms with E-state index in [1.54, 1.807) is 23.0 Å². The molecule has 1 aromatic heterocycles. The fourth-order valence-corrected chi connectivity index (χ4v) is 1.83. The summed E-state index contributed by atoms with van der Waals surface area (Å²) in [5.41, 5.74) is 1.17. The summed E-state index contributed by atoms with van der Waals surface area (Å²) in [5, 5.41) is 5.49. The van der Waals surface area contributed by atoms with E-state index in [1.807, 2.05) is 24.6 Å². The Labute approximate surface area is 98.1 Å². The van der Waals surface area contributed by atoms with Crippen LogP contribution in [-0.4, -0.2) is 23.6 Å². The van der Waals surface area contributed by atoms with Gasteiger partial charge >= 0.3 is 0 Å². The topological polar surface area (TPSA) is 28.5 Å². The summed E-state index contributed by atoms with van der Waals surface area (Å²) in [6.45, 7) is 0. The van der Waals surface area contributed by atoms with Crippen molar-refractivity contribution in [2.24, 2.45) is 5.10 Å². The van der Waals surface area contributed by atoms with E-state index < -0.39 is 6.17 Å². The number of hydrogen-bond donors (Lipinski definition) is 0. The molecule has 0 bridgehead atoms. The van der Waals surface area contributed by atoms with Crippen LogP contribution in [0.25, 0.3) is 0 Å². The lowest BCUT2D eigenvalue weighted by Crippen LogP contribution is -2.16. The quantitative estimate of drug-likeness (QED) is 0.809. The SMILES string of the molecule is CSCc1ccc(N2C=CC(F)C=N2)nc1. The van der Waals surface area contributed by atoms with E-state index in [9.17, 15) is 4.39 Å². The third-order valence-electron chi connectivity index (χ3n) is 2.10. The first-order valence-electron chi connectivity index (χ1n) is 4.89. The number of hydrogen-bond acceptors (Lipinski definition) is 4. The number of alkyl halides is 1. The molecule has 2 rings (SSSR count). The molecule has 3 nitrogen and oxygen atoms in total. The van der Waals surface area contributed by atoms with Gasteiger partial charge in [0.05, 0.1) is 6.21 Å². The zero-order chi connectivity index (χ0) is 11.4. The predicted octanol–water partition coefficient (Wildman–Crippen LogP) is 2.60. The van der Waals surface area contributed by atoms with E-state index in [-0.39, 0.29) is 0 Å². The van der Waals surface area contributed by atoms with E-state index in [0.717, 1.165) is 5.75 Å². The first kappa shape index (κ1) is 11.1. The van der Waals surface area contributed by atoms with Crippen LogP contribution in [0.15, 0.2) is 35.7 Å². The first-order chi connectivity index (χ1) is 7.79. The van der Waals surface area contributed by atoms with Gasteiger partial charge in [-0.3, -0.25) is 0 Å². The summed E-state index contributed by atoms with van der Waals surface area (Å²) in [7, 11) is 0. The molecule has 1 atom stereocenters. The molecule has 1 aliphatic rings. The molecule has 5 heteroatoms. The van der Waals surface area contributed by atoms with Crippen LogP contribution in [0.5, 0.6) is 0 Å². The van der Waals surface area contributed by atoms with Crippen LogP contribution < -0.4 is 5.01 Å². The molecule has 0 amide bonds. The lowest BCUT2D eigenvalue weighted by molar-refractivity contribution is 0.494. The molecule has 16 heavy (non-hydrogen) atoms. The van der Waals surface area contributed by atoms with E-state index in [1.165, 1.54) is 17.9 Å². The lowest BCUT2D eigenvalue weighted by Gasteiger charge is -2.16. The Balaban J connectivity index is 2.10. The summed E-state index contributed by atoms with van der Waals surface area (Å²) < 4.78 is 12.8. The minimum atomic E-state index is -1.09. The third-order valence-corrected chi connectivity index (χ3v) is 2.72. The molecule has 84 valence electrons. The molecular formula is C11H12FN3S. The van der Waals surface area contributed by atoms with Gasteiger partial charge in [-0.1, -0.05) is 6.07 Å². The second kappa shape index (κ2) is 5.12. The van der Waals surface area contributed by atoms with E-state index in [0.29, 0.717) is 5.82 Å². The molecule has 0 aliphatic carbocycles. The zero-order valence-corrected chi connectivity index (χ0v) is 9.69. The van der Waals surface area contributed by atoms with Gasteiger partial charge in [-0.25, -0.2) is 14.4 Å². The number of anilines is 1. The molecular weight excluding hydrogens is 225 g/mol. The zero-order valence-electron chi connectivity index (χ0n) is 8.88. The number of hydrazone groups is 1. The average Bonchev–Trinajstić information content (AvgIpc) is 2.32. The van der Waals surface area contributed by atoms with Crippen molar-refractivity contribution in [1.29, 1.82) is 0 Å². The van der Waals surface area contributed by atoms with E-state index >= 15 is 0 Å². The van der Waals surface area contributed by atoms with Crippen molar-refractivity contribution in [3.63, 3.8) is 0 Å². The molecule has 0 radical (unpaired) electrons.